The summed E-state index contributed by atoms with van der Waals surface area (Å²) < 4.78 is 0. The molecule has 3 nitrogen and oxygen atoms in total. The monoisotopic (exact) mass is 222 g/mol. The third-order valence-electron chi connectivity index (χ3n) is 2.34. The Morgan fingerprint density at radius 2 is 2.27 bits per heavy atom. The predicted molar refractivity (Wildman–Crippen MR) is 62.5 cm³/mol. The van der Waals surface area contributed by atoms with E-state index in [9.17, 15) is 4.79 Å². The Hall–Kier alpha value is -1.00. The first-order valence-electron chi connectivity index (χ1n) is 4.99. The maximum Gasteiger partial charge on any atom is 0.238 e. The Labute approximate surface area is 93.6 Å². The summed E-state index contributed by atoms with van der Waals surface area (Å²) in [6.07, 6.45) is 0. The highest BCUT2D eigenvalue weighted by atomic mass is 32.2. The zero-order chi connectivity index (χ0) is 10.5. The minimum Gasteiger partial charge on any atom is -0.351 e. The maximum atomic E-state index is 11.6. The van der Waals surface area contributed by atoms with Crippen molar-refractivity contribution in [3.05, 3.63) is 35.9 Å². The van der Waals surface area contributed by atoms with Crippen LogP contribution in [-0.2, 0) is 11.3 Å². The van der Waals surface area contributed by atoms with Crippen LogP contribution >= 0.6 is 11.8 Å². The fourth-order valence-electron chi connectivity index (χ4n) is 1.47. The Morgan fingerprint density at radius 1 is 1.47 bits per heavy atom. The fourth-order valence-corrected chi connectivity index (χ4v) is 2.41. The number of rotatable bonds is 3. The van der Waals surface area contributed by atoms with Gasteiger partial charge in [0.15, 0.2) is 0 Å². The lowest BCUT2D eigenvalue weighted by atomic mass is 10.2. The molecule has 1 fully saturated rings. The molecule has 1 aliphatic heterocycles. The van der Waals surface area contributed by atoms with Crippen LogP contribution < -0.4 is 10.6 Å². The van der Waals surface area contributed by atoms with E-state index in [1.807, 2.05) is 30.3 Å². The molecule has 0 radical (unpaired) electrons. The average Bonchev–Trinajstić information content (AvgIpc) is 2.81. The third kappa shape index (κ3) is 2.97. The number of thioether (sulfide) groups is 1. The highest BCUT2D eigenvalue weighted by molar-refractivity contribution is 7.99. The molecule has 2 N–H and O–H groups in total. The molecule has 1 aromatic carbocycles. The van der Waals surface area contributed by atoms with Gasteiger partial charge in [0.1, 0.15) is 0 Å². The van der Waals surface area contributed by atoms with Crippen molar-refractivity contribution in [2.75, 3.05) is 11.6 Å². The van der Waals surface area contributed by atoms with E-state index in [-0.39, 0.29) is 11.9 Å². The number of carbonyl (C=O) groups excluding carboxylic acids is 1. The molecule has 0 unspecified atom stereocenters. The van der Waals surface area contributed by atoms with E-state index < -0.39 is 0 Å². The van der Waals surface area contributed by atoms with Crippen LogP contribution in [0, 0.1) is 0 Å². The molecule has 0 spiro atoms. The smallest absolute Gasteiger partial charge is 0.238 e. The van der Waals surface area contributed by atoms with Gasteiger partial charge in [-0.1, -0.05) is 30.3 Å². The second kappa shape index (κ2) is 5.19. The lowest BCUT2D eigenvalue weighted by Gasteiger charge is -2.10. The molecule has 1 aromatic rings. The maximum absolute atomic E-state index is 11.6. The van der Waals surface area contributed by atoms with Gasteiger partial charge in [0, 0.05) is 18.2 Å². The summed E-state index contributed by atoms with van der Waals surface area (Å²) in [5, 5.41) is 6.07. The summed E-state index contributed by atoms with van der Waals surface area (Å²) >= 11 is 1.76. The van der Waals surface area contributed by atoms with Crippen LogP contribution in [0.5, 0.6) is 0 Å². The first-order valence-corrected chi connectivity index (χ1v) is 6.14. The first-order chi connectivity index (χ1) is 7.36. The van der Waals surface area contributed by atoms with Gasteiger partial charge in [0.2, 0.25) is 5.91 Å². The van der Waals surface area contributed by atoms with Gasteiger partial charge in [-0.05, 0) is 5.56 Å². The van der Waals surface area contributed by atoms with Crippen molar-refractivity contribution in [1.82, 2.24) is 10.6 Å². The molecular weight excluding hydrogens is 208 g/mol. The van der Waals surface area contributed by atoms with Crippen LogP contribution in [0.2, 0.25) is 0 Å². The van der Waals surface area contributed by atoms with Crippen LogP contribution in [0.4, 0.5) is 0 Å². The molecule has 1 atom stereocenters. The Bertz CT molecular complexity index is 323. The van der Waals surface area contributed by atoms with Crippen molar-refractivity contribution in [2.45, 2.75) is 12.6 Å². The van der Waals surface area contributed by atoms with E-state index in [2.05, 4.69) is 10.6 Å². The van der Waals surface area contributed by atoms with Crippen molar-refractivity contribution < 1.29 is 4.79 Å². The molecule has 15 heavy (non-hydrogen) atoms. The SMILES string of the molecule is O=C(NCc1ccccc1)[C@@H]1CSCN1. The molecule has 0 aliphatic carbocycles. The van der Waals surface area contributed by atoms with Crippen molar-refractivity contribution in [2.24, 2.45) is 0 Å². The van der Waals surface area contributed by atoms with Crippen LogP contribution in [0.3, 0.4) is 0 Å². The Kier molecular flexibility index (Phi) is 3.64. The van der Waals surface area contributed by atoms with Crippen molar-refractivity contribution in [3.63, 3.8) is 0 Å². The third-order valence-corrected chi connectivity index (χ3v) is 3.28. The molecule has 0 bridgehead atoms. The summed E-state index contributed by atoms with van der Waals surface area (Å²) in [7, 11) is 0. The number of benzene rings is 1. The molecule has 0 saturated carbocycles. The largest absolute Gasteiger partial charge is 0.351 e. The summed E-state index contributed by atoms with van der Waals surface area (Å²) in [5.41, 5.74) is 1.14. The predicted octanol–water partition coefficient (Wildman–Crippen LogP) is 0.965. The van der Waals surface area contributed by atoms with E-state index in [0.29, 0.717) is 6.54 Å². The fraction of sp³-hybridized carbons (Fsp3) is 0.364. The van der Waals surface area contributed by atoms with Gasteiger partial charge >= 0.3 is 0 Å². The van der Waals surface area contributed by atoms with Crippen LogP contribution in [0.1, 0.15) is 5.56 Å². The van der Waals surface area contributed by atoms with Gasteiger partial charge in [-0.3, -0.25) is 10.1 Å². The van der Waals surface area contributed by atoms with E-state index >= 15 is 0 Å². The molecule has 2 rings (SSSR count). The van der Waals surface area contributed by atoms with Gasteiger partial charge in [0.25, 0.3) is 0 Å². The molecule has 1 saturated heterocycles. The first kappa shape index (κ1) is 10.5. The van der Waals surface area contributed by atoms with Gasteiger partial charge in [-0.25, -0.2) is 0 Å². The summed E-state index contributed by atoms with van der Waals surface area (Å²) in [4.78, 5) is 11.6. The minimum absolute atomic E-state index is 0.0151. The number of nitrogens with one attached hydrogen (secondary N) is 2. The lowest BCUT2D eigenvalue weighted by molar-refractivity contribution is -0.122. The topological polar surface area (TPSA) is 41.1 Å². The van der Waals surface area contributed by atoms with Gasteiger partial charge in [-0.15, -0.1) is 11.8 Å². The lowest BCUT2D eigenvalue weighted by Crippen LogP contribution is -2.41. The number of hydrogen-bond acceptors (Lipinski definition) is 3. The molecule has 1 amide bonds. The summed E-state index contributed by atoms with van der Waals surface area (Å²) in [6.45, 7) is 0.614. The van der Waals surface area contributed by atoms with Crippen molar-refractivity contribution >= 4 is 17.7 Å². The second-order valence-corrected chi connectivity index (χ2v) is 4.51. The van der Waals surface area contributed by atoms with Crippen molar-refractivity contribution in [3.8, 4) is 0 Å². The van der Waals surface area contributed by atoms with Crippen LogP contribution in [-0.4, -0.2) is 23.6 Å². The highest BCUT2D eigenvalue weighted by Gasteiger charge is 2.21. The minimum atomic E-state index is -0.0151. The quantitative estimate of drug-likeness (QED) is 0.800. The normalized spacial score (nSPS) is 20.1. The van der Waals surface area contributed by atoms with Crippen molar-refractivity contribution in [1.29, 1.82) is 0 Å². The van der Waals surface area contributed by atoms with Gasteiger partial charge in [-0.2, -0.15) is 0 Å². The zero-order valence-electron chi connectivity index (χ0n) is 8.40. The van der Waals surface area contributed by atoms with Crippen LogP contribution in [0.15, 0.2) is 30.3 Å². The molecule has 80 valence electrons. The average molecular weight is 222 g/mol. The number of amides is 1. The molecule has 4 heteroatoms. The zero-order valence-corrected chi connectivity index (χ0v) is 9.22. The Balaban J connectivity index is 1.80. The van der Waals surface area contributed by atoms with Gasteiger partial charge < -0.3 is 5.32 Å². The molecule has 0 aromatic heterocycles. The van der Waals surface area contributed by atoms with E-state index in [1.54, 1.807) is 11.8 Å². The highest BCUT2D eigenvalue weighted by Crippen LogP contribution is 2.09. The van der Waals surface area contributed by atoms with E-state index in [1.165, 1.54) is 0 Å². The molecule has 1 aliphatic rings. The summed E-state index contributed by atoms with van der Waals surface area (Å²) in [5.74, 6) is 1.85. The van der Waals surface area contributed by atoms with Crippen LogP contribution in [0.25, 0.3) is 0 Å². The Morgan fingerprint density at radius 3 is 2.93 bits per heavy atom. The number of carbonyl (C=O) groups is 1. The second-order valence-electron chi connectivity index (χ2n) is 3.48. The molecule has 1 heterocycles. The standard InChI is InChI=1S/C11H14N2OS/c14-11(10-7-15-8-13-10)12-6-9-4-2-1-3-5-9/h1-5,10,13H,6-8H2,(H,12,14)/t10-/m0/s1. The van der Waals surface area contributed by atoms with Gasteiger partial charge in [0.05, 0.1) is 6.04 Å². The summed E-state index contributed by atoms with van der Waals surface area (Å²) in [6, 6.07) is 9.93. The number of hydrogen-bond donors (Lipinski definition) is 2. The van der Waals surface area contributed by atoms with E-state index in [4.69, 9.17) is 0 Å². The van der Waals surface area contributed by atoms with E-state index in [0.717, 1.165) is 17.2 Å². The molecular formula is C11H14N2OS.